The molecule has 0 aliphatic carbocycles. The second-order valence-electron chi connectivity index (χ2n) is 4.58. The van der Waals surface area contributed by atoms with E-state index in [1.54, 1.807) is 0 Å². The van der Waals surface area contributed by atoms with Gasteiger partial charge in [0, 0.05) is 4.47 Å². The van der Waals surface area contributed by atoms with Crippen LogP contribution in [0.1, 0.15) is 18.4 Å². The van der Waals surface area contributed by atoms with Gasteiger partial charge >= 0.3 is 0 Å². The Kier molecular flexibility index (Phi) is 4.29. The van der Waals surface area contributed by atoms with Gasteiger partial charge in [-0.2, -0.15) is 0 Å². The summed E-state index contributed by atoms with van der Waals surface area (Å²) in [5, 5.41) is 2.87. The van der Waals surface area contributed by atoms with Gasteiger partial charge in [-0.15, -0.1) is 0 Å². The van der Waals surface area contributed by atoms with Crippen LogP contribution in [-0.4, -0.2) is 26.8 Å². The van der Waals surface area contributed by atoms with Crippen LogP contribution in [0.15, 0.2) is 22.7 Å². The normalized spacial score (nSPS) is 17.7. The van der Waals surface area contributed by atoms with Gasteiger partial charge in [-0.05, 0) is 66.5 Å². The Morgan fingerprint density at radius 3 is 2.67 bits per heavy atom. The molecule has 1 heterocycles. The highest BCUT2D eigenvalue weighted by atomic mass is 79.9. The average molecular weight is 333 g/mol. The lowest BCUT2D eigenvalue weighted by Crippen LogP contribution is -2.38. The van der Waals surface area contributed by atoms with Crippen molar-refractivity contribution in [3.05, 3.63) is 28.2 Å². The van der Waals surface area contributed by atoms with E-state index in [1.165, 1.54) is 0 Å². The smallest absolute Gasteiger partial charge is 0.235 e. The summed E-state index contributed by atoms with van der Waals surface area (Å²) in [6, 6.07) is 5.63. The fourth-order valence-electron chi connectivity index (χ4n) is 2.06. The van der Waals surface area contributed by atoms with Crippen molar-refractivity contribution in [2.75, 3.05) is 17.8 Å². The molecule has 100 valence electrons. The first kappa shape index (κ1) is 13.8. The number of anilines is 1. The summed E-state index contributed by atoms with van der Waals surface area (Å²) in [4.78, 5) is 0. The van der Waals surface area contributed by atoms with E-state index < -0.39 is 10.0 Å². The lowest BCUT2D eigenvalue weighted by atomic mass is 10.2. The molecule has 0 saturated carbocycles. The Morgan fingerprint density at radius 2 is 2.00 bits per heavy atom. The van der Waals surface area contributed by atoms with Gasteiger partial charge in [-0.3, -0.25) is 4.72 Å². The molecule has 1 aliphatic rings. The van der Waals surface area contributed by atoms with Crippen LogP contribution in [0.3, 0.4) is 0 Å². The number of aryl methyl sites for hydroxylation is 1. The van der Waals surface area contributed by atoms with Crippen molar-refractivity contribution in [3.8, 4) is 0 Å². The van der Waals surface area contributed by atoms with Gasteiger partial charge in [-0.1, -0.05) is 6.07 Å². The van der Waals surface area contributed by atoms with Crippen LogP contribution in [0.5, 0.6) is 0 Å². The zero-order valence-electron chi connectivity index (χ0n) is 10.2. The molecule has 0 radical (unpaired) electrons. The van der Waals surface area contributed by atoms with Crippen molar-refractivity contribution in [1.29, 1.82) is 0 Å². The first-order valence-electron chi connectivity index (χ1n) is 5.97. The molecule has 1 fully saturated rings. The first-order chi connectivity index (χ1) is 8.49. The van der Waals surface area contributed by atoms with Gasteiger partial charge in [0.2, 0.25) is 10.0 Å². The molecule has 6 heteroatoms. The van der Waals surface area contributed by atoms with Crippen LogP contribution in [0.2, 0.25) is 0 Å². The molecule has 1 aromatic rings. The highest BCUT2D eigenvalue weighted by Crippen LogP contribution is 2.26. The molecule has 2 rings (SSSR count). The van der Waals surface area contributed by atoms with E-state index in [-0.39, 0.29) is 5.25 Å². The monoisotopic (exact) mass is 332 g/mol. The minimum Gasteiger partial charge on any atom is -0.317 e. The van der Waals surface area contributed by atoms with Crippen LogP contribution in [0, 0.1) is 6.92 Å². The summed E-state index contributed by atoms with van der Waals surface area (Å²) < 4.78 is 28.0. The third-order valence-electron chi connectivity index (χ3n) is 3.10. The summed E-state index contributed by atoms with van der Waals surface area (Å²) in [6.45, 7) is 3.47. The van der Waals surface area contributed by atoms with E-state index in [1.807, 2.05) is 25.1 Å². The number of rotatable bonds is 3. The largest absolute Gasteiger partial charge is 0.317 e. The van der Waals surface area contributed by atoms with Gasteiger partial charge in [-0.25, -0.2) is 8.42 Å². The maximum atomic E-state index is 12.3. The second kappa shape index (κ2) is 5.59. The molecule has 1 aliphatic heterocycles. The quantitative estimate of drug-likeness (QED) is 0.892. The van der Waals surface area contributed by atoms with Crippen molar-refractivity contribution in [2.24, 2.45) is 0 Å². The number of hydrogen-bond acceptors (Lipinski definition) is 3. The van der Waals surface area contributed by atoms with Crippen LogP contribution in [0.4, 0.5) is 5.69 Å². The molecule has 0 atom stereocenters. The zero-order valence-corrected chi connectivity index (χ0v) is 12.6. The second-order valence-corrected chi connectivity index (χ2v) is 7.39. The maximum absolute atomic E-state index is 12.3. The summed E-state index contributed by atoms with van der Waals surface area (Å²) in [5.41, 5.74) is 1.65. The Bertz CT molecular complexity index is 525. The van der Waals surface area contributed by atoms with E-state index in [4.69, 9.17) is 0 Å². The molecule has 4 nitrogen and oxygen atoms in total. The number of nitrogens with one attached hydrogen (secondary N) is 2. The van der Waals surface area contributed by atoms with Gasteiger partial charge in [0.15, 0.2) is 0 Å². The minimum atomic E-state index is -3.30. The molecule has 0 aromatic heterocycles. The average Bonchev–Trinajstić information content (AvgIpc) is 2.35. The third kappa shape index (κ3) is 3.24. The highest BCUT2D eigenvalue weighted by Gasteiger charge is 2.27. The van der Waals surface area contributed by atoms with Crippen molar-refractivity contribution < 1.29 is 8.42 Å². The molecule has 1 aromatic carbocycles. The van der Waals surface area contributed by atoms with E-state index in [0.717, 1.165) is 23.1 Å². The number of hydrogen-bond donors (Lipinski definition) is 2. The summed E-state index contributed by atoms with van der Waals surface area (Å²) in [5.74, 6) is 0. The highest BCUT2D eigenvalue weighted by molar-refractivity contribution is 9.10. The van der Waals surface area contributed by atoms with Crippen molar-refractivity contribution in [2.45, 2.75) is 25.0 Å². The lowest BCUT2D eigenvalue weighted by Gasteiger charge is -2.23. The standard InChI is InChI=1S/C12H17BrN2O2S/c1-9-2-3-11(13)12(8-9)15-18(16,17)10-4-6-14-7-5-10/h2-3,8,10,14-15H,4-7H2,1H3. The number of sulfonamides is 1. The topological polar surface area (TPSA) is 58.2 Å². The summed E-state index contributed by atoms with van der Waals surface area (Å²) in [7, 11) is -3.30. The molecular weight excluding hydrogens is 316 g/mol. The van der Waals surface area contributed by atoms with Crippen LogP contribution < -0.4 is 10.0 Å². The maximum Gasteiger partial charge on any atom is 0.235 e. The molecule has 2 N–H and O–H groups in total. The molecule has 0 amide bonds. The Labute approximate surface area is 116 Å². The van der Waals surface area contributed by atoms with Crippen molar-refractivity contribution >= 4 is 31.6 Å². The predicted octanol–water partition coefficient (Wildman–Crippen LogP) is 2.25. The van der Waals surface area contributed by atoms with Crippen molar-refractivity contribution in [1.82, 2.24) is 5.32 Å². The Morgan fingerprint density at radius 1 is 1.33 bits per heavy atom. The van der Waals surface area contributed by atoms with Gasteiger partial charge < -0.3 is 5.32 Å². The lowest BCUT2D eigenvalue weighted by molar-refractivity contribution is 0.499. The fourth-order valence-corrected chi connectivity index (χ4v) is 4.04. The number of halogens is 1. The Balaban J connectivity index is 2.18. The number of benzene rings is 1. The molecule has 0 spiro atoms. The fraction of sp³-hybridized carbons (Fsp3) is 0.500. The molecule has 1 saturated heterocycles. The number of piperidine rings is 1. The predicted molar refractivity (Wildman–Crippen MR) is 77.3 cm³/mol. The van der Waals surface area contributed by atoms with E-state index >= 15 is 0 Å². The molecule has 0 unspecified atom stereocenters. The van der Waals surface area contributed by atoms with Crippen LogP contribution >= 0.6 is 15.9 Å². The van der Waals surface area contributed by atoms with Gasteiger partial charge in [0.1, 0.15) is 0 Å². The van der Waals surface area contributed by atoms with Crippen LogP contribution in [-0.2, 0) is 10.0 Å². The van der Waals surface area contributed by atoms with E-state index in [2.05, 4.69) is 26.0 Å². The van der Waals surface area contributed by atoms with Crippen LogP contribution in [0.25, 0.3) is 0 Å². The van der Waals surface area contributed by atoms with E-state index in [9.17, 15) is 8.42 Å². The Hall–Kier alpha value is -0.590. The minimum absolute atomic E-state index is 0.300. The zero-order chi connectivity index (χ0) is 13.2. The summed E-state index contributed by atoms with van der Waals surface area (Å²) >= 11 is 3.37. The molecule has 0 bridgehead atoms. The molecular formula is C12H17BrN2O2S. The third-order valence-corrected chi connectivity index (χ3v) is 5.64. The molecule has 18 heavy (non-hydrogen) atoms. The van der Waals surface area contributed by atoms with Crippen molar-refractivity contribution in [3.63, 3.8) is 0 Å². The summed E-state index contributed by atoms with van der Waals surface area (Å²) in [6.07, 6.45) is 1.33. The SMILES string of the molecule is Cc1ccc(Br)c(NS(=O)(=O)C2CCNCC2)c1. The van der Waals surface area contributed by atoms with E-state index in [0.29, 0.717) is 18.5 Å². The van der Waals surface area contributed by atoms with Gasteiger partial charge in [0.05, 0.1) is 10.9 Å². The first-order valence-corrected chi connectivity index (χ1v) is 8.31. The van der Waals surface area contributed by atoms with Gasteiger partial charge in [0.25, 0.3) is 0 Å².